The highest BCUT2D eigenvalue weighted by Crippen LogP contribution is 2.24. The Hall–Kier alpha value is -4.21. The van der Waals surface area contributed by atoms with Gasteiger partial charge in [0.15, 0.2) is 5.78 Å². The number of aryl methyl sites for hydroxylation is 1. The van der Waals surface area contributed by atoms with Crippen molar-refractivity contribution in [1.29, 1.82) is 0 Å². The van der Waals surface area contributed by atoms with Gasteiger partial charge in [-0.15, -0.1) is 0 Å². The number of ketones is 1. The summed E-state index contributed by atoms with van der Waals surface area (Å²) >= 11 is 0. The van der Waals surface area contributed by atoms with E-state index in [1.165, 1.54) is 23.0 Å². The van der Waals surface area contributed by atoms with Crippen molar-refractivity contribution in [2.45, 2.75) is 66.2 Å². The van der Waals surface area contributed by atoms with E-state index in [1.54, 1.807) is 30.3 Å². The minimum Gasteiger partial charge on any atom is -0.497 e. The Bertz CT molecular complexity index is 1270. The van der Waals surface area contributed by atoms with Crippen molar-refractivity contribution < 1.29 is 33.8 Å². The average Bonchev–Trinajstić information content (AvgIpc) is 3.18. The van der Waals surface area contributed by atoms with Gasteiger partial charge in [-0.2, -0.15) is 0 Å². The predicted molar refractivity (Wildman–Crippen MR) is 165 cm³/mol. The zero-order valence-corrected chi connectivity index (χ0v) is 26.0. The number of carboxylic acid groups (broad SMARTS) is 1. The monoisotopic (exact) mass is 595 g/mol. The van der Waals surface area contributed by atoms with E-state index in [0.717, 1.165) is 24.8 Å². The minimum atomic E-state index is -1.10. The van der Waals surface area contributed by atoms with Crippen LogP contribution in [-0.2, 0) is 20.8 Å². The molecule has 0 aliphatic heterocycles. The number of benzene rings is 2. The molecule has 0 bridgehead atoms. The first-order valence-electron chi connectivity index (χ1n) is 15.0. The second-order valence-corrected chi connectivity index (χ2v) is 10.7. The topological polar surface area (TPSA) is 133 Å². The number of Topliss-reactive ketones (excluding diaryl/α,β-unsaturated/α-hetero) is 1. The number of aliphatic carboxylic acids is 1. The highest BCUT2D eigenvalue weighted by molar-refractivity contribution is 6.01. The first-order chi connectivity index (χ1) is 20.6. The molecule has 1 aliphatic carbocycles. The van der Waals surface area contributed by atoms with Crippen LogP contribution in [0, 0.1) is 5.92 Å². The largest absolute Gasteiger partial charge is 0.497 e. The Balaban J connectivity index is 0.00000316. The molecule has 0 unspecified atom stereocenters. The maximum atomic E-state index is 13.5. The van der Waals surface area contributed by atoms with Crippen LogP contribution in [0.5, 0.6) is 5.75 Å². The summed E-state index contributed by atoms with van der Waals surface area (Å²) in [4.78, 5) is 66.2. The lowest BCUT2D eigenvalue weighted by Crippen LogP contribution is -2.46. The lowest BCUT2D eigenvalue weighted by atomic mass is 10.0. The molecule has 0 saturated carbocycles. The van der Waals surface area contributed by atoms with Crippen molar-refractivity contribution in [3.63, 3.8) is 0 Å². The fourth-order valence-corrected chi connectivity index (χ4v) is 4.63. The number of anilines is 1. The van der Waals surface area contributed by atoms with Crippen LogP contribution in [0.15, 0.2) is 42.5 Å². The van der Waals surface area contributed by atoms with E-state index in [9.17, 15) is 29.1 Å². The molecule has 10 heteroatoms. The fourth-order valence-electron chi connectivity index (χ4n) is 4.63. The molecule has 2 N–H and O–H groups in total. The number of carbonyl (C=O) groups is 5. The van der Waals surface area contributed by atoms with Gasteiger partial charge in [0.1, 0.15) is 12.3 Å². The zero-order chi connectivity index (χ0) is 31.9. The molecule has 234 valence electrons. The molecule has 0 heterocycles. The molecular weight excluding hydrogens is 550 g/mol. The van der Waals surface area contributed by atoms with Gasteiger partial charge in [-0.1, -0.05) is 39.8 Å². The second kappa shape index (κ2) is 17.7. The number of hydrogen-bond acceptors (Lipinski definition) is 6. The van der Waals surface area contributed by atoms with Gasteiger partial charge in [-0.3, -0.25) is 24.0 Å². The van der Waals surface area contributed by atoms with E-state index < -0.39 is 23.7 Å². The highest BCUT2D eigenvalue weighted by Gasteiger charge is 2.25. The summed E-state index contributed by atoms with van der Waals surface area (Å²) in [6, 6.07) is 11.7. The van der Waals surface area contributed by atoms with Crippen molar-refractivity contribution in [2.24, 2.45) is 5.92 Å². The van der Waals surface area contributed by atoms with Gasteiger partial charge in [-0.05, 0) is 67.5 Å². The third-order valence-electron chi connectivity index (χ3n) is 6.98. The molecule has 0 saturated heterocycles. The molecule has 10 nitrogen and oxygen atoms in total. The predicted octanol–water partition coefficient (Wildman–Crippen LogP) is 5.06. The SMILES string of the molecule is CC.COc1cccc(C(=O)N(CCC(=O)O)CC(=O)N(CCC(C)C)CC(=O)Nc2ccc3c(c2)C(=O)CCCC3)c1. The molecule has 0 atom stereocenters. The standard InChI is InChI=1S/C31H39N3O7.C2H6/c1-21(2)13-15-33(19-28(36)32-24-12-11-22-7-4-5-10-27(35)26(22)18-24)29(37)20-34(16-14-30(38)39)31(40)23-8-6-9-25(17-23)41-3;1-2/h6,8-9,11-12,17-18,21H,4-5,7,10,13-16,19-20H2,1-3H3,(H,32,36)(H,38,39);1-2H3. The van der Waals surface area contributed by atoms with Crippen LogP contribution < -0.4 is 10.1 Å². The number of nitrogens with one attached hydrogen (secondary N) is 1. The van der Waals surface area contributed by atoms with Crippen molar-refractivity contribution >= 4 is 35.2 Å². The Labute approximate surface area is 254 Å². The normalized spacial score (nSPS) is 12.3. The maximum Gasteiger partial charge on any atom is 0.305 e. The van der Waals surface area contributed by atoms with E-state index in [4.69, 9.17) is 4.74 Å². The number of carbonyl (C=O) groups excluding carboxylic acids is 4. The highest BCUT2D eigenvalue weighted by atomic mass is 16.5. The summed E-state index contributed by atoms with van der Waals surface area (Å²) in [6.07, 6.45) is 3.37. The lowest BCUT2D eigenvalue weighted by molar-refractivity contribution is -0.138. The summed E-state index contributed by atoms with van der Waals surface area (Å²) in [7, 11) is 1.47. The molecule has 0 radical (unpaired) electrons. The average molecular weight is 596 g/mol. The van der Waals surface area contributed by atoms with Crippen LogP contribution in [0.4, 0.5) is 5.69 Å². The summed E-state index contributed by atoms with van der Waals surface area (Å²) in [5.74, 6) is -1.75. The van der Waals surface area contributed by atoms with Gasteiger partial charge < -0.3 is 25.0 Å². The third-order valence-corrected chi connectivity index (χ3v) is 6.98. The Kier molecular flexibility index (Phi) is 14.4. The first-order valence-corrected chi connectivity index (χ1v) is 15.0. The number of amides is 3. The Morgan fingerprint density at radius 2 is 1.67 bits per heavy atom. The van der Waals surface area contributed by atoms with E-state index in [2.05, 4.69) is 5.32 Å². The van der Waals surface area contributed by atoms with Gasteiger partial charge in [0.2, 0.25) is 11.8 Å². The van der Waals surface area contributed by atoms with Crippen molar-refractivity contribution in [3.8, 4) is 5.75 Å². The summed E-state index contributed by atoms with van der Waals surface area (Å²) in [6.45, 7) is 7.47. The molecule has 2 aromatic carbocycles. The lowest BCUT2D eigenvalue weighted by Gasteiger charge is -2.28. The zero-order valence-electron chi connectivity index (χ0n) is 26.0. The molecular formula is C33H45N3O7. The quantitative estimate of drug-likeness (QED) is 0.309. The smallest absolute Gasteiger partial charge is 0.305 e. The molecule has 3 rings (SSSR count). The maximum absolute atomic E-state index is 13.5. The summed E-state index contributed by atoms with van der Waals surface area (Å²) in [5, 5.41) is 12.0. The number of carboxylic acids is 1. The van der Waals surface area contributed by atoms with Crippen molar-refractivity contribution in [2.75, 3.05) is 38.6 Å². The number of nitrogens with zero attached hydrogens (tertiary/aromatic N) is 2. The van der Waals surface area contributed by atoms with Gasteiger partial charge in [-0.25, -0.2) is 0 Å². The van der Waals surface area contributed by atoms with Gasteiger partial charge in [0.25, 0.3) is 5.91 Å². The Morgan fingerprint density at radius 1 is 0.953 bits per heavy atom. The number of fused-ring (bicyclic) bond motifs is 1. The van der Waals surface area contributed by atoms with Crippen LogP contribution in [0.25, 0.3) is 0 Å². The molecule has 0 fully saturated rings. The van der Waals surface area contributed by atoms with E-state index in [0.29, 0.717) is 29.8 Å². The van der Waals surface area contributed by atoms with Crippen LogP contribution in [-0.4, -0.2) is 77.7 Å². The first kappa shape index (κ1) is 35.0. The van der Waals surface area contributed by atoms with Crippen LogP contribution >= 0.6 is 0 Å². The molecule has 43 heavy (non-hydrogen) atoms. The number of methoxy groups -OCH3 is 1. The minimum absolute atomic E-state index is 0.0597. The van der Waals surface area contributed by atoms with Crippen LogP contribution in [0.2, 0.25) is 0 Å². The van der Waals surface area contributed by atoms with Crippen molar-refractivity contribution in [1.82, 2.24) is 9.80 Å². The molecule has 2 aromatic rings. The number of rotatable bonds is 13. The summed E-state index contributed by atoms with van der Waals surface area (Å²) in [5.41, 5.74) is 2.34. The van der Waals surface area contributed by atoms with Gasteiger partial charge in [0.05, 0.1) is 20.1 Å². The van der Waals surface area contributed by atoms with Crippen molar-refractivity contribution in [3.05, 3.63) is 59.2 Å². The van der Waals surface area contributed by atoms with Gasteiger partial charge >= 0.3 is 5.97 Å². The van der Waals surface area contributed by atoms with Gasteiger partial charge in [0, 0.05) is 36.3 Å². The second-order valence-electron chi connectivity index (χ2n) is 10.7. The molecule has 0 spiro atoms. The molecule has 3 amide bonds. The Morgan fingerprint density at radius 3 is 2.35 bits per heavy atom. The number of ether oxygens (including phenoxy) is 1. The van der Waals surface area contributed by atoms with E-state index in [-0.39, 0.29) is 49.9 Å². The number of hydrogen-bond donors (Lipinski definition) is 2. The van der Waals surface area contributed by atoms with Crippen LogP contribution in [0.1, 0.15) is 86.1 Å². The van der Waals surface area contributed by atoms with Crippen LogP contribution in [0.3, 0.4) is 0 Å². The summed E-state index contributed by atoms with van der Waals surface area (Å²) < 4.78 is 5.19. The molecule has 1 aliphatic rings. The third kappa shape index (κ3) is 11.2. The molecule has 0 aromatic heterocycles. The van der Waals surface area contributed by atoms with E-state index >= 15 is 0 Å². The fraction of sp³-hybridized carbons (Fsp3) is 0.485. The van der Waals surface area contributed by atoms with E-state index in [1.807, 2.05) is 33.8 Å².